The predicted octanol–water partition coefficient (Wildman–Crippen LogP) is 2.13. The smallest absolute Gasteiger partial charge is 0.116 e. The molecule has 0 aliphatic heterocycles. The molecule has 0 spiro atoms. The van der Waals surface area contributed by atoms with Crippen LogP contribution < -0.4 is 5.73 Å². The summed E-state index contributed by atoms with van der Waals surface area (Å²) in [6.07, 6.45) is 4.24. The van der Waals surface area contributed by atoms with E-state index in [0.717, 1.165) is 11.4 Å². The van der Waals surface area contributed by atoms with E-state index in [0.29, 0.717) is 6.54 Å². The van der Waals surface area contributed by atoms with E-state index in [1.165, 1.54) is 10.5 Å². The van der Waals surface area contributed by atoms with Gasteiger partial charge < -0.3 is 5.73 Å². The molecular formula is C12H13N3S. The van der Waals surface area contributed by atoms with Gasteiger partial charge in [-0.1, -0.05) is 23.9 Å². The summed E-state index contributed by atoms with van der Waals surface area (Å²) in [6, 6.07) is 10.3. The van der Waals surface area contributed by atoms with Crippen LogP contribution in [0.4, 0.5) is 0 Å². The summed E-state index contributed by atoms with van der Waals surface area (Å²) in [6.45, 7) is 0.693. The SMILES string of the molecule is NCCc1ccc(Sc2ccncn2)cc1. The quantitative estimate of drug-likeness (QED) is 0.819. The minimum atomic E-state index is 0.693. The Labute approximate surface area is 99.1 Å². The van der Waals surface area contributed by atoms with Crippen molar-refractivity contribution in [3.63, 3.8) is 0 Å². The molecule has 0 radical (unpaired) electrons. The molecule has 82 valence electrons. The number of hydrogen-bond acceptors (Lipinski definition) is 4. The Kier molecular flexibility index (Phi) is 3.91. The lowest BCUT2D eigenvalue weighted by Gasteiger charge is -2.02. The fourth-order valence-corrected chi connectivity index (χ4v) is 2.09. The van der Waals surface area contributed by atoms with Crippen molar-refractivity contribution in [1.29, 1.82) is 0 Å². The maximum Gasteiger partial charge on any atom is 0.116 e. The Morgan fingerprint density at radius 3 is 2.56 bits per heavy atom. The van der Waals surface area contributed by atoms with Crippen LogP contribution in [0.3, 0.4) is 0 Å². The van der Waals surface area contributed by atoms with Crippen LogP contribution in [0.5, 0.6) is 0 Å². The third-order valence-electron chi connectivity index (χ3n) is 2.13. The van der Waals surface area contributed by atoms with E-state index >= 15 is 0 Å². The van der Waals surface area contributed by atoms with Crippen molar-refractivity contribution < 1.29 is 0 Å². The molecular weight excluding hydrogens is 218 g/mol. The second kappa shape index (κ2) is 5.63. The molecule has 0 fully saturated rings. The van der Waals surface area contributed by atoms with E-state index in [4.69, 9.17) is 5.73 Å². The minimum Gasteiger partial charge on any atom is -0.330 e. The molecule has 1 aromatic carbocycles. The molecule has 0 aliphatic carbocycles. The Hall–Kier alpha value is -1.39. The maximum atomic E-state index is 5.50. The average Bonchev–Trinajstić information content (AvgIpc) is 2.33. The highest BCUT2D eigenvalue weighted by molar-refractivity contribution is 7.99. The fraction of sp³-hybridized carbons (Fsp3) is 0.167. The molecule has 0 atom stereocenters. The van der Waals surface area contributed by atoms with E-state index in [9.17, 15) is 0 Å². The van der Waals surface area contributed by atoms with Crippen molar-refractivity contribution in [2.75, 3.05) is 6.54 Å². The molecule has 0 amide bonds. The van der Waals surface area contributed by atoms with Gasteiger partial charge in [0.15, 0.2) is 0 Å². The van der Waals surface area contributed by atoms with E-state index in [2.05, 4.69) is 34.2 Å². The Morgan fingerprint density at radius 2 is 1.94 bits per heavy atom. The van der Waals surface area contributed by atoms with E-state index in [-0.39, 0.29) is 0 Å². The zero-order valence-corrected chi connectivity index (χ0v) is 9.65. The average molecular weight is 231 g/mol. The van der Waals surface area contributed by atoms with Crippen LogP contribution in [0.2, 0.25) is 0 Å². The summed E-state index contributed by atoms with van der Waals surface area (Å²) in [5.74, 6) is 0. The second-order valence-electron chi connectivity index (χ2n) is 3.33. The lowest BCUT2D eigenvalue weighted by Crippen LogP contribution is -2.02. The highest BCUT2D eigenvalue weighted by atomic mass is 32.2. The number of nitrogens with two attached hydrogens (primary N) is 1. The Balaban J connectivity index is 2.05. The fourth-order valence-electron chi connectivity index (χ4n) is 1.35. The molecule has 2 aromatic rings. The van der Waals surface area contributed by atoms with Crippen molar-refractivity contribution in [3.05, 3.63) is 48.4 Å². The largest absolute Gasteiger partial charge is 0.330 e. The first-order chi connectivity index (χ1) is 7.88. The lowest BCUT2D eigenvalue weighted by atomic mass is 10.2. The summed E-state index contributed by atoms with van der Waals surface area (Å²) in [4.78, 5) is 9.23. The third-order valence-corrected chi connectivity index (χ3v) is 3.09. The number of benzene rings is 1. The number of rotatable bonds is 4. The van der Waals surface area contributed by atoms with Crippen molar-refractivity contribution >= 4 is 11.8 Å². The molecule has 1 heterocycles. The second-order valence-corrected chi connectivity index (χ2v) is 4.43. The molecule has 3 nitrogen and oxygen atoms in total. The molecule has 0 bridgehead atoms. The topological polar surface area (TPSA) is 51.8 Å². The van der Waals surface area contributed by atoms with Crippen LogP contribution in [-0.4, -0.2) is 16.5 Å². The van der Waals surface area contributed by atoms with Gasteiger partial charge in [0.2, 0.25) is 0 Å². The normalized spacial score (nSPS) is 10.3. The molecule has 0 saturated heterocycles. The number of aromatic nitrogens is 2. The van der Waals surface area contributed by atoms with Crippen LogP contribution in [0.15, 0.2) is 52.8 Å². The molecule has 2 rings (SSSR count). The molecule has 0 aliphatic rings. The van der Waals surface area contributed by atoms with Gasteiger partial charge in [0, 0.05) is 11.1 Å². The highest BCUT2D eigenvalue weighted by Gasteiger charge is 1.98. The number of hydrogen-bond donors (Lipinski definition) is 1. The minimum absolute atomic E-state index is 0.693. The summed E-state index contributed by atoms with van der Waals surface area (Å²) in [7, 11) is 0. The lowest BCUT2D eigenvalue weighted by molar-refractivity contribution is 0.966. The zero-order chi connectivity index (χ0) is 11.2. The summed E-state index contributed by atoms with van der Waals surface area (Å²) >= 11 is 1.63. The van der Waals surface area contributed by atoms with Gasteiger partial charge in [-0.15, -0.1) is 0 Å². The predicted molar refractivity (Wildman–Crippen MR) is 65.4 cm³/mol. The first-order valence-corrected chi connectivity index (χ1v) is 5.93. The van der Waals surface area contributed by atoms with E-state index in [1.54, 1.807) is 24.3 Å². The van der Waals surface area contributed by atoms with Crippen LogP contribution in [0.25, 0.3) is 0 Å². The van der Waals surface area contributed by atoms with Crippen molar-refractivity contribution in [1.82, 2.24) is 9.97 Å². The van der Waals surface area contributed by atoms with Crippen molar-refractivity contribution in [2.24, 2.45) is 5.73 Å². The first kappa shape index (κ1) is 11.1. The van der Waals surface area contributed by atoms with Gasteiger partial charge in [0.25, 0.3) is 0 Å². The summed E-state index contributed by atoms with van der Waals surface area (Å²) < 4.78 is 0. The van der Waals surface area contributed by atoms with Gasteiger partial charge in [-0.3, -0.25) is 0 Å². The van der Waals surface area contributed by atoms with Crippen molar-refractivity contribution in [3.8, 4) is 0 Å². The molecule has 16 heavy (non-hydrogen) atoms. The van der Waals surface area contributed by atoms with Gasteiger partial charge >= 0.3 is 0 Å². The molecule has 2 N–H and O–H groups in total. The maximum absolute atomic E-state index is 5.50. The molecule has 4 heteroatoms. The summed E-state index contributed by atoms with van der Waals surface area (Å²) in [5.41, 5.74) is 6.77. The molecule has 0 unspecified atom stereocenters. The van der Waals surface area contributed by atoms with Crippen LogP contribution in [0.1, 0.15) is 5.56 Å². The van der Waals surface area contributed by atoms with E-state index in [1.807, 2.05) is 6.07 Å². The summed E-state index contributed by atoms with van der Waals surface area (Å²) in [5, 5.41) is 0.960. The Morgan fingerprint density at radius 1 is 1.12 bits per heavy atom. The van der Waals surface area contributed by atoms with Gasteiger partial charge in [-0.05, 0) is 36.7 Å². The highest BCUT2D eigenvalue weighted by Crippen LogP contribution is 2.25. The van der Waals surface area contributed by atoms with Crippen LogP contribution in [0, 0.1) is 0 Å². The van der Waals surface area contributed by atoms with Gasteiger partial charge in [0.1, 0.15) is 11.4 Å². The Bertz CT molecular complexity index is 428. The zero-order valence-electron chi connectivity index (χ0n) is 8.84. The van der Waals surface area contributed by atoms with Gasteiger partial charge in [0.05, 0.1) is 0 Å². The standard InChI is InChI=1S/C12H13N3S/c13-7-5-10-1-3-11(4-2-10)16-12-6-8-14-9-15-12/h1-4,6,8-9H,5,7,13H2. The molecule has 0 saturated carbocycles. The molecule has 1 aromatic heterocycles. The number of nitrogens with zero attached hydrogens (tertiary/aromatic N) is 2. The van der Waals surface area contributed by atoms with E-state index < -0.39 is 0 Å². The van der Waals surface area contributed by atoms with Gasteiger partial charge in [-0.25, -0.2) is 9.97 Å². The van der Waals surface area contributed by atoms with Crippen LogP contribution in [-0.2, 0) is 6.42 Å². The van der Waals surface area contributed by atoms with Crippen LogP contribution >= 0.6 is 11.8 Å². The van der Waals surface area contributed by atoms with Crippen molar-refractivity contribution in [2.45, 2.75) is 16.3 Å². The van der Waals surface area contributed by atoms with Gasteiger partial charge in [-0.2, -0.15) is 0 Å². The first-order valence-electron chi connectivity index (χ1n) is 5.11. The third kappa shape index (κ3) is 3.05. The monoisotopic (exact) mass is 231 g/mol.